The van der Waals surface area contributed by atoms with Crippen molar-refractivity contribution in [3.63, 3.8) is 0 Å². The number of carboxylic acids is 1. The molecule has 1 N–H and O–H groups in total. The number of carbonyl (C=O) groups is 1. The number of hydrogen-bond acceptors (Lipinski definition) is 3. The fourth-order valence-corrected chi connectivity index (χ4v) is 3.20. The van der Waals surface area contributed by atoms with Gasteiger partial charge in [-0.2, -0.15) is 0 Å². The number of nitrogens with zero attached hydrogens (tertiary/aromatic N) is 2. The number of rotatable bonds is 3. The SMILES string of the molecule is CC1CC(N2CCC(CC(=O)O)C2)CCN1C. The van der Waals surface area contributed by atoms with E-state index in [1.54, 1.807) is 0 Å². The zero-order valence-corrected chi connectivity index (χ0v) is 10.9. The molecule has 0 radical (unpaired) electrons. The van der Waals surface area contributed by atoms with E-state index < -0.39 is 5.97 Å². The van der Waals surface area contributed by atoms with Crippen molar-refractivity contribution in [3.05, 3.63) is 0 Å². The minimum absolute atomic E-state index is 0.346. The maximum absolute atomic E-state index is 10.7. The molecular formula is C13H24N2O2. The zero-order valence-electron chi connectivity index (χ0n) is 10.9. The number of hydrogen-bond donors (Lipinski definition) is 1. The van der Waals surface area contributed by atoms with Gasteiger partial charge in [-0.25, -0.2) is 0 Å². The minimum Gasteiger partial charge on any atom is -0.481 e. The summed E-state index contributed by atoms with van der Waals surface area (Å²) >= 11 is 0. The second-order valence-electron chi connectivity index (χ2n) is 5.76. The molecule has 0 aromatic carbocycles. The Morgan fingerprint density at radius 2 is 2.12 bits per heavy atom. The quantitative estimate of drug-likeness (QED) is 0.806. The summed E-state index contributed by atoms with van der Waals surface area (Å²) in [5.41, 5.74) is 0. The standard InChI is InChI=1S/C13H24N2O2/c1-10-7-12(4-5-14(10)2)15-6-3-11(9-15)8-13(16)17/h10-12H,3-9H2,1-2H3,(H,16,17). The number of piperidine rings is 1. The second kappa shape index (κ2) is 5.36. The molecule has 0 spiro atoms. The average Bonchev–Trinajstić information content (AvgIpc) is 2.69. The normalized spacial score (nSPS) is 36.2. The van der Waals surface area contributed by atoms with E-state index in [4.69, 9.17) is 5.11 Å². The van der Waals surface area contributed by atoms with Gasteiger partial charge in [-0.1, -0.05) is 0 Å². The summed E-state index contributed by atoms with van der Waals surface area (Å²) in [4.78, 5) is 15.7. The highest BCUT2D eigenvalue weighted by Gasteiger charge is 2.32. The summed E-state index contributed by atoms with van der Waals surface area (Å²) in [6.45, 7) is 5.55. The van der Waals surface area contributed by atoms with E-state index in [1.165, 1.54) is 19.4 Å². The van der Waals surface area contributed by atoms with E-state index in [1.807, 2.05) is 0 Å². The topological polar surface area (TPSA) is 43.8 Å². The average molecular weight is 240 g/mol. The van der Waals surface area contributed by atoms with Crippen molar-refractivity contribution in [1.82, 2.24) is 9.80 Å². The van der Waals surface area contributed by atoms with E-state index in [2.05, 4.69) is 23.8 Å². The van der Waals surface area contributed by atoms with Crippen molar-refractivity contribution >= 4 is 5.97 Å². The molecule has 4 heteroatoms. The molecule has 17 heavy (non-hydrogen) atoms. The third-order valence-corrected chi connectivity index (χ3v) is 4.48. The fraction of sp³-hybridized carbons (Fsp3) is 0.923. The lowest BCUT2D eigenvalue weighted by Gasteiger charge is -2.39. The maximum Gasteiger partial charge on any atom is 0.303 e. The lowest BCUT2D eigenvalue weighted by atomic mass is 9.97. The molecule has 0 bridgehead atoms. The number of carboxylic acid groups (broad SMARTS) is 1. The summed E-state index contributed by atoms with van der Waals surface area (Å²) in [7, 11) is 2.19. The van der Waals surface area contributed by atoms with Crippen LogP contribution in [0.3, 0.4) is 0 Å². The van der Waals surface area contributed by atoms with Crippen LogP contribution in [0.5, 0.6) is 0 Å². The van der Waals surface area contributed by atoms with E-state index in [-0.39, 0.29) is 0 Å². The molecule has 3 atom stereocenters. The van der Waals surface area contributed by atoms with Gasteiger partial charge in [-0.3, -0.25) is 9.69 Å². The van der Waals surface area contributed by atoms with Gasteiger partial charge < -0.3 is 10.0 Å². The smallest absolute Gasteiger partial charge is 0.303 e. The van der Waals surface area contributed by atoms with Gasteiger partial charge in [0.25, 0.3) is 0 Å². The van der Waals surface area contributed by atoms with Crippen molar-refractivity contribution < 1.29 is 9.90 Å². The zero-order chi connectivity index (χ0) is 12.4. The Kier molecular flexibility index (Phi) is 4.05. The van der Waals surface area contributed by atoms with Crippen molar-refractivity contribution in [2.75, 3.05) is 26.7 Å². The number of aliphatic carboxylic acids is 1. The van der Waals surface area contributed by atoms with Gasteiger partial charge in [-0.05, 0) is 52.2 Å². The van der Waals surface area contributed by atoms with Gasteiger partial charge in [0.05, 0.1) is 0 Å². The van der Waals surface area contributed by atoms with Crippen molar-refractivity contribution in [2.45, 2.75) is 44.7 Å². The first-order valence-corrected chi connectivity index (χ1v) is 6.72. The molecule has 2 rings (SSSR count). The Hall–Kier alpha value is -0.610. The molecule has 0 aromatic rings. The molecule has 0 amide bonds. The molecule has 3 unspecified atom stereocenters. The fourth-order valence-electron chi connectivity index (χ4n) is 3.20. The first-order chi connectivity index (χ1) is 8.06. The molecule has 2 aliphatic rings. The Morgan fingerprint density at radius 1 is 1.35 bits per heavy atom. The van der Waals surface area contributed by atoms with Crippen LogP contribution in [0, 0.1) is 5.92 Å². The first kappa shape index (κ1) is 12.8. The van der Waals surface area contributed by atoms with Crippen LogP contribution in [0.1, 0.15) is 32.6 Å². The summed E-state index contributed by atoms with van der Waals surface area (Å²) < 4.78 is 0. The molecule has 2 aliphatic heterocycles. The van der Waals surface area contributed by atoms with Crippen molar-refractivity contribution in [1.29, 1.82) is 0 Å². The second-order valence-corrected chi connectivity index (χ2v) is 5.76. The molecule has 4 nitrogen and oxygen atoms in total. The highest BCUT2D eigenvalue weighted by Crippen LogP contribution is 2.27. The lowest BCUT2D eigenvalue weighted by molar-refractivity contribution is -0.138. The number of likely N-dealkylation sites (tertiary alicyclic amines) is 2. The van der Waals surface area contributed by atoms with Gasteiger partial charge >= 0.3 is 5.97 Å². The molecule has 2 saturated heterocycles. The predicted molar refractivity (Wildman–Crippen MR) is 67.0 cm³/mol. The van der Waals surface area contributed by atoms with Gasteiger partial charge in [0.1, 0.15) is 0 Å². The van der Waals surface area contributed by atoms with Crippen LogP contribution in [0.15, 0.2) is 0 Å². The van der Waals surface area contributed by atoms with Crippen LogP contribution in [-0.4, -0.2) is 59.6 Å². The molecule has 98 valence electrons. The van der Waals surface area contributed by atoms with Crippen LogP contribution >= 0.6 is 0 Å². The molecular weight excluding hydrogens is 216 g/mol. The van der Waals surface area contributed by atoms with Gasteiger partial charge in [-0.15, -0.1) is 0 Å². The summed E-state index contributed by atoms with van der Waals surface area (Å²) in [5, 5.41) is 8.82. The lowest BCUT2D eigenvalue weighted by Crippen LogP contribution is -2.46. The molecule has 2 heterocycles. The van der Waals surface area contributed by atoms with Crippen LogP contribution in [0.2, 0.25) is 0 Å². The van der Waals surface area contributed by atoms with E-state index in [0.717, 1.165) is 19.5 Å². The Labute approximate surface area is 104 Å². The van der Waals surface area contributed by atoms with Gasteiger partial charge in [0, 0.05) is 25.0 Å². The molecule has 0 aromatic heterocycles. The highest BCUT2D eigenvalue weighted by atomic mass is 16.4. The van der Waals surface area contributed by atoms with E-state index >= 15 is 0 Å². The minimum atomic E-state index is -0.645. The third-order valence-electron chi connectivity index (χ3n) is 4.48. The Morgan fingerprint density at radius 3 is 2.76 bits per heavy atom. The summed E-state index contributed by atoms with van der Waals surface area (Å²) in [6, 6.07) is 1.34. The monoisotopic (exact) mass is 240 g/mol. The third kappa shape index (κ3) is 3.19. The predicted octanol–water partition coefficient (Wildman–Crippen LogP) is 1.27. The summed E-state index contributed by atoms with van der Waals surface area (Å²) in [5.74, 6) is -0.268. The Bertz CT molecular complexity index is 283. The van der Waals surface area contributed by atoms with Crippen molar-refractivity contribution in [2.24, 2.45) is 5.92 Å². The highest BCUT2D eigenvalue weighted by molar-refractivity contribution is 5.67. The first-order valence-electron chi connectivity index (χ1n) is 6.72. The van der Waals surface area contributed by atoms with Gasteiger partial charge in [0.15, 0.2) is 0 Å². The largest absolute Gasteiger partial charge is 0.481 e. The van der Waals surface area contributed by atoms with E-state index in [9.17, 15) is 4.79 Å². The maximum atomic E-state index is 10.7. The van der Waals surface area contributed by atoms with Crippen LogP contribution in [-0.2, 0) is 4.79 Å². The van der Waals surface area contributed by atoms with Gasteiger partial charge in [0.2, 0.25) is 0 Å². The van der Waals surface area contributed by atoms with Crippen LogP contribution in [0.25, 0.3) is 0 Å². The Balaban J connectivity index is 1.82. The van der Waals surface area contributed by atoms with E-state index in [0.29, 0.717) is 24.4 Å². The molecule has 2 fully saturated rings. The van der Waals surface area contributed by atoms with Crippen LogP contribution < -0.4 is 0 Å². The van der Waals surface area contributed by atoms with Crippen molar-refractivity contribution in [3.8, 4) is 0 Å². The summed E-state index contributed by atoms with van der Waals surface area (Å²) in [6.07, 6.45) is 3.88. The molecule has 0 saturated carbocycles. The van der Waals surface area contributed by atoms with Crippen LogP contribution in [0.4, 0.5) is 0 Å². The molecule has 0 aliphatic carbocycles.